The Labute approximate surface area is 111 Å². The summed E-state index contributed by atoms with van der Waals surface area (Å²) >= 11 is 0. The summed E-state index contributed by atoms with van der Waals surface area (Å²) in [7, 11) is 4.33. The molecule has 0 amide bonds. The molecule has 100 valence electrons. The Morgan fingerprint density at radius 2 is 1.78 bits per heavy atom. The fraction of sp³-hybridized carbons (Fsp3) is 0.600. The van der Waals surface area contributed by atoms with Crippen LogP contribution in [0.1, 0.15) is 24.2 Å². The fourth-order valence-corrected chi connectivity index (χ4v) is 2.69. The van der Waals surface area contributed by atoms with Gasteiger partial charge >= 0.3 is 0 Å². The normalized spacial score (nSPS) is 19.1. The fourth-order valence-electron chi connectivity index (χ4n) is 2.69. The van der Waals surface area contributed by atoms with Crippen molar-refractivity contribution in [2.24, 2.45) is 0 Å². The number of benzene rings is 1. The van der Waals surface area contributed by atoms with Gasteiger partial charge in [0.2, 0.25) is 0 Å². The summed E-state index contributed by atoms with van der Waals surface area (Å²) < 4.78 is 0. The van der Waals surface area contributed by atoms with Gasteiger partial charge in [-0.25, -0.2) is 0 Å². The molecule has 3 nitrogen and oxygen atoms in total. The molecule has 1 aromatic carbocycles. The van der Waals surface area contributed by atoms with Crippen LogP contribution in [0.15, 0.2) is 24.3 Å². The standard InChI is InChI=1S/C15H25N3/c1-4-13-5-7-14(8-6-13)15(17(2)3)18-11-9-16-10-12-18/h5-8,15-16H,4,9-12H2,1-3H3. The molecule has 1 aliphatic rings. The van der Waals surface area contributed by atoms with E-state index in [9.17, 15) is 0 Å². The van der Waals surface area contributed by atoms with Gasteiger partial charge in [0.15, 0.2) is 0 Å². The minimum Gasteiger partial charge on any atom is -0.314 e. The lowest BCUT2D eigenvalue weighted by molar-refractivity contribution is 0.0673. The molecule has 1 aromatic rings. The monoisotopic (exact) mass is 247 g/mol. The number of rotatable bonds is 4. The van der Waals surface area contributed by atoms with Crippen LogP contribution in [0.4, 0.5) is 0 Å². The third kappa shape index (κ3) is 3.10. The molecule has 2 rings (SSSR count). The Morgan fingerprint density at radius 3 is 2.28 bits per heavy atom. The first-order valence-electron chi connectivity index (χ1n) is 6.92. The lowest BCUT2D eigenvalue weighted by Crippen LogP contribution is -2.48. The van der Waals surface area contributed by atoms with Crippen molar-refractivity contribution < 1.29 is 0 Å². The topological polar surface area (TPSA) is 18.5 Å². The average molecular weight is 247 g/mol. The molecule has 0 saturated carbocycles. The van der Waals surface area contributed by atoms with Crippen molar-refractivity contribution in [1.82, 2.24) is 15.1 Å². The van der Waals surface area contributed by atoms with Gasteiger partial charge in [0.25, 0.3) is 0 Å². The maximum absolute atomic E-state index is 3.42. The van der Waals surface area contributed by atoms with Crippen LogP contribution in [0.3, 0.4) is 0 Å². The van der Waals surface area contributed by atoms with Crippen LogP contribution in [-0.2, 0) is 6.42 Å². The van der Waals surface area contributed by atoms with E-state index >= 15 is 0 Å². The van der Waals surface area contributed by atoms with Gasteiger partial charge in [0, 0.05) is 26.2 Å². The Kier molecular flexibility index (Phi) is 4.75. The molecular weight excluding hydrogens is 222 g/mol. The largest absolute Gasteiger partial charge is 0.314 e. The van der Waals surface area contributed by atoms with Crippen LogP contribution in [-0.4, -0.2) is 50.1 Å². The highest BCUT2D eigenvalue weighted by Gasteiger charge is 2.23. The summed E-state index contributed by atoms with van der Waals surface area (Å²) in [5, 5.41) is 3.42. The maximum Gasteiger partial charge on any atom is 0.0882 e. The number of hydrogen-bond acceptors (Lipinski definition) is 3. The van der Waals surface area contributed by atoms with Crippen molar-refractivity contribution in [1.29, 1.82) is 0 Å². The van der Waals surface area contributed by atoms with E-state index in [0.29, 0.717) is 6.17 Å². The second kappa shape index (κ2) is 6.32. The SMILES string of the molecule is CCc1ccc(C(N(C)C)N2CCNCC2)cc1. The van der Waals surface area contributed by atoms with Gasteiger partial charge in [-0.3, -0.25) is 9.80 Å². The third-order valence-electron chi connectivity index (χ3n) is 3.67. The highest BCUT2D eigenvalue weighted by atomic mass is 15.3. The predicted octanol–water partition coefficient (Wildman–Crippen LogP) is 1.71. The van der Waals surface area contributed by atoms with E-state index in [0.717, 1.165) is 32.6 Å². The lowest BCUT2D eigenvalue weighted by Gasteiger charge is -2.38. The summed E-state index contributed by atoms with van der Waals surface area (Å²) in [4.78, 5) is 4.86. The van der Waals surface area contributed by atoms with Crippen molar-refractivity contribution in [3.05, 3.63) is 35.4 Å². The van der Waals surface area contributed by atoms with Gasteiger partial charge in [-0.05, 0) is 31.6 Å². The van der Waals surface area contributed by atoms with Crippen LogP contribution < -0.4 is 5.32 Å². The molecule has 1 fully saturated rings. The molecule has 18 heavy (non-hydrogen) atoms. The second-order valence-electron chi connectivity index (χ2n) is 5.22. The minimum absolute atomic E-state index is 0.401. The van der Waals surface area contributed by atoms with E-state index in [1.54, 1.807) is 0 Å². The van der Waals surface area contributed by atoms with E-state index in [-0.39, 0.29) is 0 Å². The molecular formula is C15H25N3. The summed E-state index contributed by atoms with van der Waals surface area (Å²) in [6.07, 6.45) is 1.51. The number of nitrogens with zero attached hydrogens (tertiary/aromatic N) is 2. The third-order valence-corrected chi connectivity index (χ3v) is 3.67. The zero-order valence-electron chi connectivity index (χ0n) is 11.8. The van der Waals surface area contributed by atoms with E-state index in [1.807, 2.05) is 0 Å². The summed E-state index contributed by atoms with van der Waals surface area (Å²) in [6, 6.07) is 9.08. The van der Waals surface area contributed by atoms with E-state index in [2.05, 4.69) is 60.4 Å². The zero-order valence-corrected chi connectivity index (χ0v) is 11.8. The maximum atomic E-state index is 3.42. The molecule has 1 N–H and O–H groups in total. The van der Waals surface area contributed by atoms with E-state index in [1.165, 1.54) is 11.1 Å². The highest BCUT2D eigenvalue weighted by molar-refractivity contribution is 5.25. The first kappa shape index (κ1) is 13.5. The molecule has 0 aromatic heterocycles. The molecule has 0 bridgehead atoms. The van der Waals surface area contributed by atoms with Crippen LogP contribution in [0.2, 0.25) is 0 Å². The molecule has 0 aliphatic carbocycles. The minimum atomic E-state index is 0.401. The first-order chi connectivity index (χ1) is 8.72. The quantitative estimate of drug-likeness (QED) is 0.874. The van der Waals surface area contributed by atoms with Crippen LogP contribution >= 0.6 is 0 Å². The molecule has 0 radical (unpaired) electrons. The Hall–Kier alpha value is -0.900. The molecule has 1 atom stereocenters. The van der Waals surface area contributed by atoms with E-state index < -0.39 is 0 Å². The van der Waals surface area contributed by atoms with E-state index in [4.69, 9.17) is 0 Å². The molecule has 1 aliphatic heterocycles. The van der Waals surface area contributed by atoms with Gasteiger partial charge in [-0.1, -0.05) is 31.2 Å². The second-order valence-corrected chi connectivity index (χ2v) is 5.22. The molecule has 1 saturated heterocycles. The van der Waals surface area contributed by atoms with Crippen molar-refractivity contribution in [2.45, 2.75) is 19.5 Å². The average Bonchev–Trinajstić information content (AvgIpc) is 2.40. The van der Waals surface area contributed by atoms with Crippen LogP contribution in [0, 0.1) is 0 Å². The zero-order chi connectivity index (χ0) is 13.0. The van der Waals surface area contributed by atoms with Crippen molar-refractivity contribution in [2.75, 3.05) is 40.3 Å². The Balaban J connectivity index is 2.17. The lowest BCUT2D eigenvalue weighted by atomic mass is 10.1. The number of hydrogen-bond donors (Lipinski definition) is 1. The van der Waals surface area contributed by atoms with Crippen molar-refractivity contribution in [3.63, 3.8) is 0 Å². The highest BCUT2D eigenvalue weighted by Crippen LogP contribution is 2.23. The molecule has 1 unspecified atom stereocenters. The van der Waals surface area contributed by atoms with Gasteiger partial charge in [-0.2, -0.15) is 0 Å². The van der Waals surface area contributed by atoms with Gasteiger partial charge in [0.05, 0.1) is 6.17 Å². The summed E-state index contributed by atoms with van der Waals surface area (Å²) in [5.74, 6) is 0. The van der Waals surface area contributed by atoms with Gasteiger partial charge in [0.1, 0.15) is 0 Å². The molecule has 3 heteroatoms. The van der Waals surface area contributed by atoms with Gasteiger partial charge < -0.3 is 5.32 Å². The first-order valence-corrected chi connectivity index (χ1v) is 6.92. The summed E-state index contributed by atoms with van der Waals surface area (Å²) in [5.41, 5.74) is 2.82. The molecule has 1 heterocycles. The Morgan fingerprint density at radius 1 is 1.17 bits per heavy atom. The van der Waals surface area contributed by atoms with Crippen LogP contribution in [0.25, 0.3) is 0 Å². The predicted molar refractivity (Wildman–Crippen MR) is 76.7 cm³/mol. The van der Waals surface area contributed by atoms with Crippen molar-refractivity contribution in [3.8, 4) is 0 Å². The number of nitrogens with one attached hydrogen (secondary N) is 1. The Bertz CT molecular complexity index is 353. The van der Waals surface area contributed by atoms with Crippen LogP contribution in [0.5, 0.6) is 0 Å². The summed E-state index contributed by atoms with van der Waals surface area (Å²) in [6.45, 7) is 6.64. The number of aryl methyl sites for hydroxylation is 1. The van der Waals surface area contributed by atoms with Gasteiger partial charge in [-0.15, -0.1) is 0 Å². The smallest absolute Gasteiger partial charge is 0.0882 e. The number of piperazine rings is 1. The van der Waals surface area contributed by atoms with Crippen molar-refractivity contribution >= 4 is 0 Å². The molecule has 0 spiro atoms.